The number of carbonyl (C=O) groups excluding carboxylic acids is 1. The first-order chi connectivity index (χ1) is 9.51. The molecule has 0 saturated heterocycles. The van der Waals surface area contributed by atoms with Crippen LogP contribution >= 0.6 is 11.3 Å². The highest BCUT2D eigenvalue weighted by Crippen LogP contribution is 2.23. The van der Waals surface area contributed by atoms with Crippen molar-refractivity contribution in [1.82, 2.24) is 5.32 Å². The maximum atomic E-state index is 12.2. The van der Waals surface area contributed by atoms with Crippen molar-refractivity contribution < 1.29 is 9.53 Å². The fourth-order valence-electron chi connectivity index (χ4n) is 1.89. The van der Waals surface area contributed by atoms with Crippen molar-refractivity contribution in [3.8, 4) is 5.75 Å². The van der Waals surface area contributed by atoms with Gasteiger partial charge in [0.1, 0.15) is 5.75 Å². The predicted molar refractivity (Wildman–Crippen MR) is 82.4 cm³/mol. The summed E-state index contributed by atoms with van der Waals surface area (Å²) in [5.41, 5.74) is 8.00. The Bertz CT molecular complexity index is 615. The van der Waals surface area contributed by atoms with Gasteiger partial charge >= 0.3 is 0 Å². The zero-order chi connectivity index (χ0) is 14.7. The van der Waals surface area contributed by atoms with Gasteiger partial charge in [-0.15, -0.1) is 11.3 Å². The van der Waals surface area contributed by atoms with Crippen LogP contribution in [0.1, 0.15) is 25.7 Å². The molecule has 0 saturated carbocycles. The van der Waals surface area contributed by atoms with Gasteiger partial charge in [-0.05, 0) is 37.6 Å². The Hall–Kier alpha value is -2.01. The molecule has 0 unspecified atom stereocenters. The Kier molecular flexibility index (Phi) is 4.29. The fourth-order valence-corrected chi connectivity index (χ4v) is 2.89. The maximum absolute atomic E-state index is 12.2. The fraction of sp³-hybridized carbons (Fsp3) is 0.267. The lowest BCUT2D eigenvalue weighted by Gasteiger charge is -2.09. The van der Waals surface area contributed by atoms with Gasteiger partial charge < -0.3 is 15.8 Å². The van der Waals surface area contributed by atoms with Gasteiger partial charge in [-0.25, -0.2) is 0 Å². The predicted octanol–water partition coefficient (Wildman–Crippen LogP) is 2.89. The van der Waals surface area contributed by atoms with E-state index < -0.39 is 0 Å². The van der Waals surface area contributed by atoms with Crippen molar-refractivity contribution in [2.45, 2.75) is 20.4 Å². The number of methoxy groups -OCH3 is 1. The maximum Gasteiger partial charge on any atom is 0.255 e. The molecule has 0 aliphatic carbocycles. The Morgan fingerprint density at radius 2 is 2.10 bits per heavy atom. The molecule has 0 fully saturated rings. The number of nitrogens with two attached hydrogens (primary N) is 1. The normalized spacial score (nSPS) is 10.3. The molecule has 1 amide bonds. The molecule has 3 N–H and O–H groups in total. The number of anilines is 1. The monoisotopic (exact) mass is 290 g/mol. The van der Waals surface area contributed by atoms with Crippen molar-refractivity contribution in [2.75, 3.05) is 12.8 Å². The summed E-state index contributed by atoms with van der Waals surface area (Å²) in [5.74, 6) is 0.326. The van der Waals surface area contributed by atoms with Gasteiger partial charge in [0.2, 0.25) is 0 Å². The molecule has 4 nitrogen and oxygen atoms in total. The third kappa shape index (κ3) is 3.11. The molecule has 106 valence electrons. The average Bonchev–Trinajstić information content (AvgIpc) is 2.75. The molecule has 0 atom stereocenters. The summed E-state index contributed by atoms with van der Waals surface area (Å²) in [5, 5.41) is 2.90. The molecule has 5 heteroatoms. The van der Waals surface area contributed by atoms with Crippen LogP contribution in [0, 0.1) is 13.8 Å². The van der Waals surface area contributed by atoms with E-state index in [1.807, 2.05) is 0 Å². The largest absolute Gasteiger partial charge is 0.496 e. The van der Waals surface area contributed by atoms with E-state index in [0.29, 0.717) is 23.5 Å². The summed E-state index contributed by atoms with van der Waals surface area (Å²) in [7, 11) is 1.53. The molecule has 2 rings (SSSR count). The number of carbonyl (C=O) groups is 1. The summed E-state index contributed by atoms with van der Waals surface area (Å²) in [6.45, 7) is 4.67. The molecule has 2 aromatic rings. The lowest BCUT2D eigenvalue weighted by Crippen LogP contribution is -2.22. The van der Waals surface area contributed by atoms with E-state index >= 15 is 0 Å². The van der Waals surface area contributed by atoms with Crippen molar-refractivity contribution in [3.63, 3.8) is 0 Å². The first-order valence-electron chi connectivity index (χ1n) is 6.29. The van der Waals surface area contributed by atoms with E-state index in [-0.39, 0.29) is 5.91 Å². The second-order valence-corrected chi connectivity index (χ2v) is 5.94. The number of aryl methyl sites for hydroxylation is 2. The number of rotatable bonds is 4. The number of hydrogen-bond acceptors (Lipinski definition) is 4. The van der Waals surface area contributed by atoms with Crippen molar-refractivity contribution in [2.24, 2.45) is 0 Å². The number of benzene rings is 1. The van der Waals surface area contributed by atoms with E-state index in [4.69, 9.17) is 10.5 Å². The second-order valence-electron chi connectivity index (χ2n) is 4.59. The van der Waals surface area contributed by atoms with Crippen LogP contribution in [-0.4, -0.2) is 13.0 Å². The second kappa shape index (κ2) is 5.96. The zero-order valence-corrected chi connectivity index (χ0v) is 12.6. The van der Waals surface area contributed by atoms with Crippen LogP contribution in [0.2, 0.25) is 0 Å². The molecule has 0 bridgehead atoms. The molecule has 0 aliphatic heterocycles. The smallest absolute Gasteiger partial charge is 0.255 e. The number of thiophene rings is 1. The SMILES string of the molecule is COc1cc(N)ccc1C(=O)NCc1cc(C)c(C)s1. The van der Waals surface area contributed by atoms with Crippen LogP contribution in [0.3, 0.4) is 0 Å². The van der Waals surface area contributed by atoms with Crippen LogP contribution < -0.4 is 15.8 Å². The van der Waals surface area contributed by atoms with E-state index in [9.17, 15) is 4.79 Å². The molecule has 1 aromatic heterocycles. The van der Waals surface area contributed by atoms with Crippen LogP contribution in [0.25, 0.3) is 0 Å². The number of nitrogens with one attached hydrogen (secondary N) is 1. The standard InChI is InChI=1S/C15H18N2O2S/c1-9-6-12(20-10(9)2)8-17-15(18)13-5-4-11(16)7-14(13)19-3/h4-7H,8,16H2,1-3H3,(H,17,18). The van der Waals surface area contributed by atoms with Gasteiger partial charge in [0, 0.05) is 21.5 Å². The Balaban J connectivity index is 2.08. The minimum Gasteiger partial charge on any atom is -0.496 e. The van der Waals surface area contributed by atoms with E-state index in [1.165, 1.54) is 17.6 Å². The third-order valence-corrected chi connectivity index (χ3v) is 4.26. The van der Waals surface area contributed by atoms with Crippen LogP contribution in [-0.2, 0) is 6.54 Å². The lowest BCUT2D eigenvalue weighted by atomic mass is 10.1. The van der Waals surface area contributed by atoms with Gasteiger partial charge in [-0.1, -0.05) is 0 Å². The van der Waals surface area contributed by atoms with Crippen LogP contribution in [0.5, 0.6) is 5.75 Å². The van der Waals surface area contributed by atoms with Gasteiger partial charge in [-0.3, -0.25) is 4.79 Å². The van der Waals surface area contributed by atoms with Gasteiger partial charge in [-0.2, -0.15) is 0 Å². The molecular weight excluding hydrogens is 272 g/mol. The molecule has 1 heterocycles. The molecule has 0 spiro atoms. The minimum absolute atomic E-state index is 0.162. The summed E-state index contributed by atoms with van der Waals surface area (Å²) in [6.07, 6.45) is 0. The Labute approximate surface area is 122 Å². The molecule has 0 aliphatic rings. The summed E-state index contributed by atoms with van der Waals surface area (Å²) in [4.78, 5) is 14.6. The lowest BCUT2D eigenvalue weighted by molar-refractivity contribution is 0.0948. The number of ether oxygens (including phenoxy) is 1. The van der Waals surface area contributed by atoms with E-state index in [0.717, 1.165) is 4.88 Å². The highest BCUT2D eigenvalue weighted by Gasteiger charge is 2.12. The van der Waals surface area contributed by atoms with Crippen LogP contribution in [0.4, 0.5) is 5.69 Å². The Morgan fingerprint density at radius 3 is 2.70 bits per heavy atom. The van der Waals surface area contributed by atoms with Gasteiger partial charge in [0.05, 0.1) is 19.2 Å². The van der Waals surface area contributed by atoms with E-state index in [2.05, 4.69) is 25.2 Å². The zero-order valence-electron chi connectivity index (χ0n) is 11.8. The van der Waals surface area contributed by atoms with Crippen molar-refractivity contribution in [1.29, 1.82) is 0 Å². The van der Waals surface area contributed by atoms with E-state index in [1.54, 1.807) is 29.5 Å². The summed E-state index contributed by atoms with van der Waals surface area (Å²) in [6, 6.07) is 7.11. The van der Waals surface area contributed by atoms with Crippen molar-refractivity contribution >= 4 is 22.9 Å². The number of amides is 1. The van der Waals surface area contributed by atoms with Gasteiger partial charge in [0.15, 0.2) is 0 Å². The molecule has 1 aromatic carbocycles. The third-order valence-electron chi connectivity index (χ3n) is 3.11. The topological polar surface area (TPSA) is 64.3 Å². The quantitative estimate of drug-likeness (QED) is 0.851. The number of hydrogen-bond donors (Lipinski definition) is 2. The minimum atomic E-state index is -0.162. The first-order valence-corrected chi connectivity index (χ1v) is 7.10. The summed E-state index contributed by atoms with van der Waals surface area (Å²) >= 11 is 1.70. The Morgan fingerprint density at radius 1 is 1.35 bits per heavy atom. The highest BCUT2D eigenvalue weighted by molar-refractivity contribution is 7.12. The van der Waals surface area contributed by atoms with Crippen molar-refractivity contribution in [3.05, 3.63) is 45.1 Å². The van der Waals surface area contributed by atoms with Crippen LogP contribution in [0.15, 0.2) is 24.3 Å². The average molecular weight is 290 g/mol. The highest BCUT2D eigenvalue weighted by atomic mass is 32.1. The van der Waals surface area contributed by atoms with Gasteiger partial charge in [0.25, 0.3) is 5.91 Å². The molecular formula is C15H18N2O2S. The molecule has 20 heavy (non-hydrogen) atoms. The first kappa shape index (κ1) is 14.4. The number of nitrogen functional groups attached to an aromatic ring is 1. The molecule has 0 radical (unpaired) electrons. The summed E-state index contributed by atoms with van der Waals surface area (Å²) < 4.78 is 5.18.